The topological polar surface area (TPSA) is 12.0 Å². The Bertz CT molecular complexity index is 1350. The zero-order valence-corrected chi connectivity index (χ0v) is 20.2. The molecule has 2 atom stereocenters. The van der Waals surface area contributed by atoms with Gasteiger partial charge in [-0.3, -0.25) is 0 Å². The van der Waals surface area contributed by atoms with Crippen molar-refractivity contribution in [3.05, 3.63) is 99.2 Å². The molecule has 2 unspecified atom stereocenters. The second-order valence-electron chi connectivity index (χ2n) is 9.36. The van der Waals surface area contributed by atoms with Crippen LogP contribution in [0.2, 0.25) is 0 Å². The summed E-state index contributed by atoms with van der Waals surface area (Å²) >= 11 is 2.54. The summed E-state index contributed by atoms with van der Waals surface area (Å²) in [6.07, 6.45) is 8.15. The van der Waals surface area contributed by atoms with Crippen molar-refractivity contribution in [3.63, 3.8) is 0 Å². The summed E-state index contributed by atoms with van der Waals surface area (Å²) in [7, 11) is 0. The normalized spacial score (nSPS) is 33.5. The molecule has 182 valence electrons. The van der Waals surface area contributed by atoms with E-state index in [-0.39, 0.29) is 11.1 Å². The van der Waals surface area contributed by atoms with Crippen LogP contribution in [0.1, 0.15) is 19.4 Å². The van der Waals surface area contributed by atoms with Gasteiger partial charge in [0.25, 0.3) is 0 Å². The van der Waals surface area contributed by atoms with E-state index in [9.17, 15) is 8.78 Å². The number of hydrogen-bond donors (Lipinski definition) is 1. The number of rotatable bonds is 2. The molecule has 0 saturated heterocycles. The monoisotopic (exact) mass is 523 g/mol. The molecule has 3 aliphatic heterocycles. The zero-order chi connectivity index (χ0) is 25.0. The second-order valence-corrected chi connectivity index (χ2v) is 12.3. The van der Waals surface area contributed by atoms with Crippen molar-refractivity contribution in [2.75, 3.05) is 6.54 Å². The Hall–Kier alpha value is -2.26. The predicted octanol–water partition coefficient (Wildman–Crippen LogP) is 7.49. The van der Waals surface area contributed by atoms with E-state index in [0.29, 0.717) is 21.9 Å². The number of halogens is 6. The van der Waals surface area contributed by atoms with E-state index < -0.39 is 38.4 Å². The smallest absolute Gasteiger partial charge is 0.380 e. The average molecular weight is 524 g/mol. The highest BCUT2D eigenvalue weighted by Crippen LogP contribution is 2.75. The van der Waals surface area contributed by atoms with Crippen LogP contribution >= 0.6 is 23.5 Å². The van der Waals surface area contributed by atoms with E-state index >= 15 is 17.6 Å². The fourth-order valence-electron chi connectivity index (χ4n) is 5.43. The van der Waals surface area contributed by atoms with Crippen LogP contribution in [0.15, 0.2) is 93.6 Å². The minimum atomic E-state index is -5.54. The predicted molar refractivity (Wildman–Crippen MR) is 129 cm³/mol. The van der Waals surface area contributed by atoms with Crippen molar-refractivity contribution >= 4 is 28.4 Å². The maximum absolute atomic E-state index is 15.3. The molecule has 6 rings (SSSR count). The summed E-state index contributed by atoms with van der Waals surface area (Å²) in [5.74, 6) is -15.6. The number of alkyl halides is 6. The fourth-order valence-corrected chi connectivity index (χ4v) is 8.59. The lowest BCUT2D eigenvalue weighted by Crippen LogP contribution is -2.48. The molecule has 0 aromatic heterocycles. The van der Waals surface area contributed by atoms with Crippen molar-refractivity contribution in [1.82, 2.24) is 5.32 Å². The summed E-state index contributed by atoms with van der Waals surface area (Å²) in [6, 6.07) is 8.93. The van der Waals surface area contributed by atoms with E-state index in [0.717, 1.165) is 5.57 Å². The summed E-state index contributed by atoms with van der Waals surface area (Å²) in [4.78, 5) is 1.18. The van der Waals surface area contributed by atoms with E-state index in [1.165, 1.54) is 35.7 Å². The third-order valence-corrected chi connectivity index (χ3v) is 10.8. The number of dihydropyridines is 1. The van der Waals surface area contributed by atoms with Crippen LogP contribution < -0.4 is 5.32 Å². The van der Waals surface area contributed by atoms with Crippen molar-refractivity contribution in [2.45, 2.75) is 41.1 Å². The molecule has 2 aliphatic carbocycles. The average Bonchev–Trinajstić information content (AvgIpc) is 3.40. The molecule has 1 aromatic rings. The Morgan fingerprint density at radius 1 is 0.771 bits per heavy atom. The summed E-state index contributed by atoms with van der Waals surface area (Å²) in [5.41, 5.74) is -1.30. The molecule has 9 heteroatoms. The van der Waals surface area contributed by atoms with Crippen molar-refractivity contribution < 1.29 is 26.3 Å². The molecule has 5 aliphatic rings. The molecule has 1 fully saturated rings. The van der Waals surface area contributed by atoms with Crippen LogP contribution in [0.5, 0.6) is 0 Å². The van der Waals surface area contributed by atoms with E-state index in [2.05, 4.69) is 5.32 Å². The van der Waals surface area contributed by atoms with Crippen molar-refractivity contribution in [1.29, 1.82) is 0 Å². The maximum atomic E-state index is 15.3. The first-order valence-electron chi connectivity index (χ1n) is 11.0. The molecule has 1 aromatic carbocycles. The number of fused-ring (bicyclic) bond motifs is 4. The highest BCUT2D eigenvalue weighted by atomic mass is 32.2. The molecule has 0 spiro atoms. The van der Waals surface area contributed by atoms with Gasteiger partial charge in [0.15, 0.2) is 0 Å². The second kappa shape index (κ2) is 6.94. The van der Waals surface area contributed by atoms with E-state index in [1.807, 2.05) is 6.08 Å². The van der Waals surface area contributed by atoms with Crippen LogP contribution in [-0.4, -0.2) is 33.8 Å². The molecule has 3 heterocycles. The van der Waals surface area contributed by atoms with Gasteiger partial charge in [0.1, 0.15) is 0 Å². The first kappa shape index (κ1) is 23.2. The summed E-state index contributed by atoms with van der Waals surface area (Å²) in [5, 5.41) is 3.01. The number of allylic oxidation sites excluding steroid dienone is 6. The van der Waals surface area contributed by atoms with Gasteiger partial charge in [0, 0.05) is 27.5 Å². The molecule has 0 bridgehead atoms. The van der Waals surface area contributed by atoms with Gasteiger partial charge in [-0.25, -0.2) is 0 Å². The molecule has 1 saturated carbocycles. The maximum Gasteiger partial charge on any atom is 0.380 e. The van der Waals surface area contributed by atoms with Crippen molar-refractivity contribution in [2.24, 2.45) is 0 Å². The van der Waals surface area contributed by atoms with Gasteiger partial charge in [0.05, 0.1) is 9.49 Å². The molecule has 35 heavy (non-hydrogen) atoms. The Morgan fingerprint density at radius 2 is 1.31 bits per heavy atom. The third kappa shape index (κ3) is 2.66. The third-order valence-electron chi connectivity index (χ3n) is 7.49. The number of hydrogen-bond acceptors (Lipinski definition) is 3. The van der Waals surface area contributed by atoms with Gasteiger partial charge < -0.3 is 5.32 Å². The quantitative estimate of drug-likeness (QED) is 0.404. The van der Waals surface area contributed by atoms with Gasteiger partial charge in [-0.05, 0) is 60.6 Å². The Kier molecular flexibility index (Phi) is 4.59. The minimum Gasteiger partial charge on any atom is -0.387 e. The number of nitrogens with one attached hydrogen (secondary N) is 1. The summed E-state index contributed by atoms with van der Waals surface area (Å²) < 4.78 is 88.4. The molecule has 1 N–H and O–H groups in total. The molecule has 0 amide bonds. The minimum absolute atomic E-state index is 0.149. The first-order chi connectivity index (χ1) is 16.4. The Labute approximate surface area is 206 Å². The number of thioether (sulfide) groups is 2. The Balaban J connectivity index is 1.66. The van der Waals surface area contributed by atoms with Gasteiger partial charge in [-0.1, -0.05) is 36.4 Å². The lowest BCUT2D eigenvalue weighted by atomic mass is 9.71. The van der Waals surface area contributed by atoms with Gasteiger partial charge in [0.2, 0.25) is 0 Å². The molecular weight excluding hydrogens is 504 g/mol. The van der Waals surface area contributed by atoms with Crippen molar-refractivity contribution in [3.8, 4) is 0 Å². The first-order valence-corrected chi connectivity index (χ1v) is 12.6. The van der Waals surface area contributed by atoms with Gasteiger partial charge >= 0.3 is 17.8 Å². The standard InChI is InChI=1S/C26H19F6NS2/c1-22-16(12-18(34-22)14-6-4-3-5-7-14)20-21(25(29,30)26(31,32)24(20,27)28)17-13-19(35-23(17,22)2)15-8-10-33-11-9-15/h3-10,12-13,33H,11H2,1-2H3. The van der Waals surface area contributed by atoms with Crippen LogP contribution in [0.4, 0.5) is 26.3 Å². The van der Waals surface area contributed by atoms with Gasteiger partial charge in [-0.15, -0.1) is 23.5 Å². The summed E-state index contributed by atoms with van der Waals surface area (Å²) in [6.45, 7) is 3.91. The molecular formula is C26H19F6NS2. The molecule has 0 radical (unpaired) electrons. The highest BCUT2D eigenvalue weighted by Gasteiger charge is 2.84. The fraction of sp³-hybridized carbons (Fsp3) is 0.308. The number of benzene rings is 1. The molecule has 1 nitrogen and oxygen atoms in total. The highest BCUT2D eigenvalue weighted by molar-refractivity contribution is 8.12. The van der Waals surface area contributed by atoms with E-state index in [1.54, 1.807) is 56.5 Å². The van der Waals surface area contributed by atoms with Crippen LogP contribution in [0, 0.1) is 0 Å². The van der Waals surface area contributed by atoms with Crippen LogP contribution in [-0.2, 0) is 0 Å². The Morgan fingerprint density at radius 3 is 1.86 bits per heavy atom. The van der Waals surface area contributed by atoms with Crippen LogP contribution in [0.25, 0.3) is 4.91 Å². The zero-order valence-electron chi connectivity index (χ0n) is 18.6. The largest absolute Gasteiger partial charge is 0.387 e. The lowest BCUT2D eigenvalue weighted by molar-refractivity contribution is -0.258. The van der Waals surface area contributed by atoms with Gasteiger partial charge in [-0.2, -0.15) is 26.3 Å². The van der Waals surface area contributed by atoms with E-state index in [4.69, 9.17) is 0 Å². The SMILES string of the molecule is CC12SC(C3=CCNC=C3)=CC1=C1C(=C3C=C(c4ccccc4)SC32C)C(F)(F)C(F)(F)C1(F)F. The van der Waals surface area contributed by atoms with Crippen LogP contribution in [0.3, 0.4) is 0 Å². The lowest BCUT2D eigenvalue weighted by Gasteiger charge is -2.47.